The molecule has 0 bridgehead atoms. The fourth-order valence-corrected chi connectivity index (χ4v) is 2.14. The minimum atomic E-state index is 0.278. The maximum atomic E-state index is 5.84. The van der Waals surface area contributed by atoms with E-state index >= 15 is 0 Å². The summed E-state index contributed by atoms with van der Waals surface area (Å²) < 4.78 is 5.84. The molecule has 0 aliphatic carbocycles. The molecule has 15 heavy (non-hydrogen) atoms. The third kappa shape index (κ3) is 4.65. The molecule has 1 unspecified atom stereocenters. The van der Waals surface area contributed by atoms with E-state index < -0.39 is 0 Å². The van der Waals surface area contributed by atoms with E-state index in [0.29, 0.717) is 11.5 Å². The van der Waals surface area contributed by atoms with Crippen LogP contribution < -0.4 is 0 Å². The summed E-state index contributed by atoms with van der Waals surface area (Å²) in [4.78, 5) is 2.53. The second-order valence-corrected chi connectivity index (χ2v) is 6.87. The fraction of sp³-hybridized carbons (Fsp3) is 1.00. The summed E-state index contributed by atoms with van der Waals surface area (Å²) in [6.07, 6.45) is 1.57. The van der Waals surface area contributed by atoms with Crippen LogP contribution in [0.25, 0.3) is 0 Å². The minimum Gasteiger partial charge on any atom is -0.376 e. The van der Waals surface area contributed by atoms with E-state index in [0.717, 1.165) is 26.1 Å². The van der Waals surface area contributed by atoms with Crippen molar-refractivity contribution < 1.29 is 4.74 Å². The topological polar surface area (TPSA) is 12.5 Å². The largest absolute Gasteiger partial charge is 0.376 e. The average Bonchev–Trinajstić information content (AvgIpc) is 1.99. The molecule has 5 heteroatoms. The molecule has 0 N–H and O–H groups in total. The van der Waals surface area contributed by atoms with Crippen LogP contribution in [0.3, 0.4) is 0 Å². The van der Waals surface area contributed by atoms with Crippen molar-refractivity contribution in [1.29, 1.82) is 0 Å². The third-order valence-corrected chi connectivity index (χ3v) is 2.93. The Morgan fingerprint density at radius 3 is 2.33 bits per heavy atom. The van der Waals surface area contributed by atoms with Crippen LogP contribution in [0.1, 0.15) is 27.2 Å². The zero-order valence-corrected chi connectivity index (χ0v) is 11.3. The summed E-state index contributed by atoms with van der Waals surface area (Å²) in [5, 5.41) is 0.278. The quantitative estimate of drug-likeness (QED) is 0.518. The van der Waals surface area contributed by atoms with Crippen LogP contribution in [0.4, 0.5) is 0 Å². The zero-order valence-electron chi connectivity index (χ0n) is 11.3. The lowest BCUT2D eigenvalue weighted by atomic mass is 9.48. The minimum absolute atomic E-state index is 0.278. The van der Waals surface area contributed by atoms with Crippen LogP contribution in [0.15, 0.2) is 0 Å². The van der Waals surface area contributed by atoms with Gasteiger partial charge in [-0.25, -0.2) is 0 Å². The van der Waals surface area contributed by atoms with Gasteiger partial charge in [-0.05, 0) is 11.8 Å². The Morgan fingerprint density at radius 1 is 1.27 bits per heavy atom. The van der Waals surface area contributed by atoms with Gasteiger partial charge in [-0.2, -0.15) is 0 Å². The standard InChI is InChI=1S/C10H24B3NO/c1-9(2,3)6-8-7-14(4-5-15-8)10(11,12)13/h8H,4-7,11-13H2,1-3H3. The van der Waals surface area contributed by atoms with Crippen molar-refractivity contribution >= 4 is 23.5 Å². The van der Waals surface area contributed by atoms with E-state index in [9.17, 15) is 0 Å². The first-order valence-electron chi connectivity index (χ1n) is 6.05. The van der Waals surface area contributed by atoms with Crippen molar-refractivity contribution in [3.8, 4) is 0 Å². The molecule has 0 amide bonds. The van der Waals surface area contributed by atoms with E-state index in [-0.39, 0.29) is 5.24 Å². The van der Waals surface area contributed by atoms with E-state index in [1.165, 1.54) is 0 Å². The maximum Gasteiger partial charge on any atom is 0.107 e. The van der Waals surface area contributed by atoms with Gasteiger partial charge in [0.2, 0.25) is 0 Å². The van der Waals surface area contributed by atoms with Gasteiger partial charge in [-0.3, -0.25) is 0 Å². The predicted molar refractivity (Wildman–Crippen MR) is 73.7 cm³/mol. The summed E-state index contributed by atoms with van der Waals surface area (Å²) >= 11 is 0. The summed E-state index contributed by atoms with van der Waals surface area (Å²) in [6, 6.07) is 0. The van der Waals surface area contributed by atoms with Crippen LogP contribution in [-0.4, -0.2) is 59.5 Å². The van der Waals surface area contributed by atoms with Gasteiger partial charge in [0, 0.05) is 13.1 Å². The SMILES string of the molecule is BC(B)(B)N1CCOC(CC(C)(C)C)C1. The molecule has 1 aliphatic rings. The van der Waals surface area contributed by atoms with Crippen molar-refractivity contribution in [3.05, 3.63) is 0 Å². The number of morpholine rings is 1. The van der Waals surface area contributed by atoms with Crippen molar-refractivity contribution in [1.82, 2.24) is 4.90 Å². The lowest BCUT2D eigenvalue weighted by molar-refractivity contribution is -0.0470. The lowest BCUT2D eigenvalue weighted by Crippen LogP contribution is -2.57. The van der Waals surface area contributed by atoms with E-state index in [2.05, 4.69) is 49.2 Å². The molecule has 1 saturated heterocycles. The maximum absolute atomic E-state index is 5.84. The Hall–Kier alpha value is 0.115. The third-order valence-electron chi connectivity index (χ3n) is 2.93. The highest BCUT2D eigenvalue weighted by molar-refractivity contribution is 6.59. The van der Waals surface area contributed by atoms with E-state index in [4.69, 9.17) is 4.74 Å². The molecule has 1 rings (SSSR count). The Morgan fingerprint density at radius 2 is 1.87 bits per heavy atom. The summed E-state index contributed by atoms with van der Waals surface area (Å²) in [7, 11) is 6.85. The Kier molecular flexibility index (Phi) is 3.99. The normalized spacial score (nSPS) is 25.4. The molecule has 1 heterocycles. The molecule has 0 radical (unpaired) electrons. The lowest BCUT2D eigenvalue weighted by Gasteiger charge is -2.43. The van der Waals surface area contributed by atoms with Crippen LogP contribution in [0.2, 0.25) is 0 Å². The first-order chi connectivity index (χ1) is 6.68. The molecule has 0 aromatic heterocycles. The molecule has 1 atom stereocenters. The Labute approximate surface area is 97.3 Å². The number of hydrogen-bond acceptors (Lipinski definition) is 2. The first-order valence-corrected chi connectivity index (χ1v) is 6.05. The highest BCUT2D eigenvalue weighted by atomic mass is 16.5. The number of rotatable bonds is 2. The number of hydrogen-bond donors (Lipinski definition) is 0. The molecule has 2 nitrogen and oxygen atoms in total. The Balaban J connectivity index is 2.50. The van der Waals surface area contributed by atoms with Crippen LogP contribution in [-0.2, 0) is 4.74 Å². The Bertz CT molecular complexity index is 210. The molecular weight excluding hydrogens is 183 g/mol. The van der Waals surface area contributed by atoms with E-state index in [1.54, 1.807) is 0 Å². The molecule has 0 aromatic rings. The molecule has 0 aromatic carbocycles. The van der Waals surface area contributed by atoms with Gasteiger partial charge in [0.05, 0.1) is 12.7 Å². The fourth-order valence-electron chi connectivity index (χ4n) is 2.14. The second kappa shape index (κ2) is 4.54. The highest BCUT2D eigenvalue weighted by Gasteiger charge is 2.30. The average molecular weight is 207 g/mol. The number of nitrogens with zero attached hydrogens (tertiary/aromatic N) is 1. The van der Waals surface area contributed by atoms with Gasteiger partial charge in [0.15, 0.2) is 0 Å². The molecule has 1 aliphatic heterocycles. The van der Waals surface area contributed by atoms with Crippen molar-refractivity contribution in [3.63, 3.8) is 0 Å². The monoisotopic (exact) mass is 207 g/mol. The highest BCUT2D eigenvalue weighted by Crippen LogP contribution is 2.25. The van der Waals surface area contributed by atoms with Gasteiger partial charge in [0.25, 0.3) is 0 Å². The first kappa shape index (κ1) is 13.2. The van der Waals surface area contributed by atoms with Gasteiger partial charge < -0.3 is 9.64 Å². The molecule has 84 valence electrons. The summed E-state index contributed by atoms with van der Waals surface area (Å²) in [5.74, 6) is 0. The number of ether oxygens (including phenoxy) is 1. The zero-order chi connectivity index (χ0) is 11.7. The molecule has 1 fully saturated rings. The van der Waals surface area contributed by atoms with Gasteiger partial charge in [0.1, 0.15) is 23.5 Å². The second-order valence-electron chi connectivity index (χ2n) is 6.87. The van der Waals surface area contributed by atoms with Crippen molar-refractivity contribution in [2.45, 2.75) is 38.5 Å². The van der Waals surface area contributed by atoms with Crippen LogP contribution in [0.5, 0.6) is 0 Å². The van der Waals surface area contributed by atoms with Gasteiger partial charge >= 0.3 is 0 Å². The van der Waals surface area contributed by atoms with Gasteiger partial charge in [-0.1, -0.05) is 26.0 Å². The predicted octanol–water partition coefficient (Wildman–Crippen LogP) is -1.37. The van der Waals surface area contributed by atoms with Gasteiger partial charge in [-0.15, -0.1) is 0 Å². The summed E-state index contributed by atoms with van der Waals surface area (Å²) in [5.41, 5.74) is 0.367. The molecule has 0 spiro atoms. The molecular formula is C10H24B3NO. The van der Waals surface area contributed by atoms with Crippen LogP contribution >= 0.6 is 0 Å². The van der Waals surface area contributed by atoms with Crippen molar-refractivity contribution in [2.75, 3.05) is 19.7 Å². The summed E-state index contributed by atoms with van der Waals surface area (Å²) in [6.45, 7) is 9.90. The van der Waals surface area contributed by atoms with Crippen molar-refractivity contribution in [2.24, 2.45) is 5.41 Å². The van der Waals surface area contributed by atoms with Crippen LogP contribution in [0, 0.1) is 5.41 Å². The smallest absolute Gasteiger partial charge is 0.107 e. The molecule has 0 saturated carbocycles. The van der Waals surface area contributed by atoms with E-state index in [1.807, 2.05) is 0 Å².